The van der Waals surface area contributed by atoms with Crippen LogP contribution in [-0.4, -0.2) is 31.1 Å². The van der Waals surface area contributed by atoms with Gasteiger partial charge in [-0.3, -0.25) is 0 Å². The van der Waals surface area contributed by atoms with E-state index in [0.717, 1.165) is 19.6 Å². The van der Waals surface area contributed by atoms with Gasteiger partial charge in [0, 0.05) is 18.2 Å². The lowest BCUT2D eigenvalue weighted by molar-refractivity contribution is 0.220. The van der Waals surface area contributed by atoms with Crippen molar-refractivity contribution in [2.24, 2.45) is 5.73 Å². The second-order valence-electron chi connectivity index (χ2n) is 4.32. The zero-order chi connectivity index (χ0) is 13.5. The van der Waals surface area contributed by atoms with Gasteiger partial charge in [-0.1, -0.05) is 19.9 Å². The Hall–Kier alpha value is -1.13. The molecule has 0 aromatic heterocycles. The van der Waals surface area contributed by atoms with Crippen molar-refractivity contribution in [3.05, 3.63) is 29.6 Å². The molecular formula is C14H23FN2O. The van der Waals surface area contributed by atoms with Gasteiger partial charge in [-0.05, 0) is 32.1 Å². The van der Waals surface area contributed by atoms with E-state index in [-0.39, 0.29) is 11.9 Å². The number of hydrogen-bond donors (Lipinski definition) is 1. The number of benzene rings is 1. The van der Waals surface area contributed by atoms with E-state index in [2.05, 4.69) is 18.7 Å². The number of nitrogens with zero attached hydrogens (tertiary/aromatic N) is 1. The van der Waals surface area contributed by atoms with Crippen LogP contribution in [0.1, 0.15) is 32.4 Å². The van der Waals surface area contributed by atoms with Gasteiger partial charge in [0.15, 0.2) is 0 Å². The van der Waals surface area contributed by atoms with Crippen LogP contribution in [0.3, 0.4) is 0 Å². The largest absolute Gasteiger partial charge is 0.492 e. The van der Waals surface area contributed by atoms with Crippen molar-refractivity contribution in [3.63, 3.8) is 0 Å². The summed E-state index contributed by atoms with van der Waals surface area (Å²) in [6.07, 6.45) is 0. The monoisotopic (exact) mass is 254 g/mol. The standard InChI is InChI=1S/C14H23FN2O/c1-4-17(5-2)9-10-18-13-8-6-7-12(15)14(13)11(3)16/h6-8,11H,4-5,9-10,16H2,1-3H3/t11-/m0/s1. The Labute approximate surface area is 109 Å². The summed E-state index contributed by atoms with van der Waals surface area (Å²) in [6, 6.07) is 4.46. The third-order valence-electron chi connectivity index (χ3n) is 3.03. The zero-order valence-electron chi connectivity index (χ0n) is 11.4. The quantitative estimate of drug-likeness (QED) is 0.812. The van der Waals surface area contributed by atoms with Crippen LogP contribution in [0, 0.1) is 5.82 Å². The molecule has 0 aliphatic heterocycles. The maximum atomic E-state index is 13.6. The number of likely N-dealkylation sites (N-methyl/N-ethyl adjacent to an activating group) is 1. The Balaban J connectivity index is 2.64. The highest BCUT2D eigenvalue weighted by Crippen LogP contribution is 2.26. The molecule has 0 bridgehead atoms. The van der Waals surface area contributed by atoms with Crippen LogP contribution in [0.25, 0.3) is 0 Å². The van der Waals surface area contributed by atoms with Gasteiger partial charge in [0.25, 0.3) is 0 Å². The summed E-state index contributed by atoms with van der Waals surface area (Å²) in [6.45, 7) is 9.34. The lowest BCUT2D eigenvalue weighted by Gasteiger charge is -2.19. The van der Waals surface area contributed by atoms with E-state index in [9.17, 15) is 4.39 Å². The summed E-state index contributed by atoms with van der Waals surface area (Å²) in [4.78, 5) is 2.25. The molecule has 0 spiro atoms. The van der Waals surface area contributed by atoms with Gasteiger partial charge in [0.2, 0.25) is 0 Å². The minimum Gasteiger partial charge on any atom is -0.492 e. The molecule has 0 radical (unpaired) electrons. The fourth-order valence-electron chi connectivity index (χ4n) is 1.91. The average molecular weight is 254 g/mol. The van der Waals surface area contributed by atoms with Gasteiger partial charge >= 0.3 is 0 Å². The maximum absolute atomic E-state index is 13.6. The first-order valence-corrected chi connectivity index (χ1v) is 6.49. The minimum atomic E-state index is -0.366. The molecule has 0 fully saturated rings. The molecule has 1 aromatic rings. The van der Waals surface area contributed by atoms with Crippen LogP contribution < -0.4 is 10.5 Å². The van der Waals surface area contributed by atoms with E-state index in [0.29, 0.717) is 17.9 Å². The van der Waals surface area contributed by atoms with Crippen molar-refractivity contribution in [1.29, 1.82) is 0 Å². The van der Waals surface area contributed by atoms with Crippen molar-refractivity contribution in [1.82, 2.24) is 4.90 Å². The molecule has 0 unspecified atom stereocenters. The molecule has 0 heterocycles. The van der Waals surface area contributed by atoms with Gasteiger partial charge in [0.05, 0.1) is 0 Å². The number of halogens is 1. The predicted molar refractivity (Wildman–Crippen MR) is 72.3 cm³/mol. The summed E-state index contributed by atoms with van der Waals surface area (Å²) in [5.41, 5.74) is 6.22. The molecule has 0 saturated heterocycles. The lowest BCUT2D eigenvalue weighted by atomic mass is 10.1. The van der Waals surface area contributed by atoms with E-state index in [1.165, 1.54) is 6.07 Å². The van der Waals surface area contributed by atoms with Crippen molar-refractivity contribution in [2.75, 3.05) is 26.2 Å². The third-order valence-corrected chi connectivity index (χ3v) is 3.03. The predicted octanol–water partition coefficient (Wildman–Crippen LogP) is 2.57. The molecule has 1 rings (SSSR count). The van der Waals surface area contributed by atoms with Crippen molar-refractivity contribution >= 4 is 0 Å². The molecule has 18 heavy (non-hydrogen) atoms. The first-order chi connectivity index (χ1) is 8.60. The summed E-state index contributed by atoms with van der Waals surface area (Å²) in [5, 5.41) is 0. The summed E-state index contributed by atoms with van der Waals surface area (Å²) in [5.74, 6) is 0.252. The molecule has 3 nitrogen and oxygen atoms in total. The van der Waals surface area contributed by atoms with Gasteiger partial charge in [-0.25, -0.2) is 4.39 Å². The number of rotatable bonds is 7. The molecule has 2 N–H and O–H groups in total. The van der Waals surface area contributed by atoms with Crippen LogP contribution in [0.15, 0.2) is 18.2 Å². The molecule has 1 atom stereocenters. The number of ether oxygens (including phenoxy) is 1. The second-order valence-corrected chi connectivity index (χ2v) is 4.32. The Morgan fingerprint density at radius 2 is 2.00 bits per heavy atom. The second kappa shape index (κ2) is 7.34. The van der Waals surface area contributed by atoms with Gasteiger partial charge in [0.1, 0.15) is 18.2 Å². The van der Waals surface area contributed by atoms with E-state index in [4.69, 9.17) is 10.5 Å². The van der Waals surface area contributed by atoms with Crippen LogP contribution >= 0.6 is 0 Å². The van der Waals surface area contributed by atoms with Crippen LogP contribution in [-0.2, 0) is 0 Å². The maximum Gasteiger partial charge on any atom is 0.131 e. The molecule has 0 amide bonds. The summed E-state index contributed by atoms with van der Waals surface area (Å²) in [7, 11) is 0. The first kappa shape index (κ1) is 14.9. The van der Waals surface area contributed by atoms with Crippen LogP contribution in [0.4, 0.5) is 4.39 Å². The molecule has 0 saturated carbocycles. The molecule has 4 heteroatoms. The highest BCUT2D eigenvalue weighted by molar-refractivity contribution is 5.36. The van der Waals surface area contributed by atoms with Crippen molar-refractivity contribution in [2.45, 2.75) is 26.8 Å². The van der Waals surface area contributed by atoms with Gasteiger partial charge in [-0.2, -0.15) is 0 Å². The summed E-state index contributed by atoms with van der Waals surface area (Å²) < 4.78 is 19.3. The highest BCUT2D eigenvalue weighted by Gasteiger charge is 2.13. The molecular weight excluding hydrogens is 231 g/mol. The fourth-order valence-corrected chi connectivity index (χ4v) is 1.91. The van der Waals surface area contributed by atoms with E-state index >= 15 is 0 Å². The Morgan fingerprint density at radius 3 is 2.56 bits per heavy atom. The summed E-state index contributed by atoms with van der Waals surface area (Å²) >= 11 is 0. The van der Waals surface area contributed by atoms with E-state index in [1.807, 2.05) is 0 Å². The van der Waals surface area contributed by atoms with Gasteiger partial charge in [-0.15, -0.1) is 0 Å². The first-order valence-electron chi connectivity index (χ1n) is 6.49. The molecule has 0 aliphatic carbocycles. The third kappa shape index (κ3) is 3.96. The normalized spacial score (nSPS) is 12.8. The SMILES string of the molecule is CCN(CC)CCOc1cccc(F)c1[C@H](C)N. The fraction of sp³-hybridized carbons (Fsp3) is 0.571. The molecule has 0 aliphatic rings. The Kier molecular flexibility index (Phi) is 6.09. The number of nitrogens with two attached hydrogens (primary N) is 1. The van der Waals surface area contributed by atoms with Crippen LogP contribution in [0.2, 0.25) is 0 Å². The lowest BCUT2D eigenvalue weighted by Crippen LogP contribution is -2.28. The van der Waals surface area contributed by atoms with Gasteiger partial charge < -0.3 is 15.4 Å². The highest BCUT2D eigenvalue weighted by atomic mass is 19.1. The minimum absolute atomic E-state index is 0.301. The average Bonchev–Trinajstić information content (AvgIpc) is 2.34. The van der Waals surface area contributed by atoms with E-state index in [1.54, 1.807) is 19.1 Å². The molecule has 1 aromatic carbocycles. The van der Waals surface area contributed by atoms with Crippen LogP contribution in [0.5, 0.6) is 5.75 Å². The topological polar surface area (TPSA) is 38.5 Å². The Morgan fingerprint density at radius 1 is 1.33 bits per heavy atom. The Bertz CT molecular complexity index is 365. The van der Waals surface area contributed by atoms with E-state index < -0.39 is 0 Å². The van der Waals surface area contributed by atoms with Crippen molar-refractivity contribution < 1.29 is 9.13 Å². The smallest absolute Gasteiger partial charge is 0.131 e. The molecule has 102 valence electrons. The van der Waals surface area contributed by atoms with Crippen molar-refractivity contribution in [3.8, 4) is 5.75 Å². The number of hydrogen-bond acceptors (Lipinski definition) is 3. The zero-order valence-corrected chi connectivity index (χ0v) is 11.4.